The van der Waals surface area contributed by atoms with Gasteiger partial charge in [0.2, 0.25) is 0 Å². The maximum Gasteiger partial charge on any atom is 0.321 e. The topological polar surface area (TPSA) is 86.3 Å². The molecule has 9 heteroatoms. The third kappa shape index (κ3) is 4.80. The fourth-order valence-corrected chi connectivity index (χ4v) is 3.17. The SMILES string of the molecule is Cc1ccnc(Nc2ccc(N3CCN(C(=O)Nc4ccc(F)cc4)CC3)nn2)c1. The number of hydrogen-bond acceptors (Lipinski definition) is 6. The normalized spacial score (nSPS) is 13.8. The maximum atomic E-state index is 13.0. The molecule has 154 valence electrons. The number of benzene rings is 1. The molecule has 1 fully saturated rings. The van der Waals surface area contributed by atoms with Crippen molar-refractivity contribution < 1.29 is 9.18 Å². The molecular weight excluding hydrogens is 385 g/mol. The average Bonchev–Trinajstić information content (AvgIpc) is 2.76. The lowest BCUT2D eigenvalue weighted by Crippen LogP contribution is -2.50. The summed E-state index contributed by atoms with van der Waals surface area (Å²) in [6.45, 7) is 4.42. The molecule has 0 bridgehead atoms. The Kier molecular flexibility index (Phi) is 5.69. The summed E-state index contributed by atoms with van der Waals surface area (Å²) >= 11 is 0. The van der Waals surface area contributed by atoms with Gasteiger partial charge >= 0.3 is 6.03 Å². The number of rotatable bonds is 4. The summed E-state index contributed by atoms with van der Waals surface area (Å²) in [6, 6.07) is 13.2. The molecule has 4 rings (SSSR count). The number of carbonyl (C=O) groups is 1. The van der Waals surface area contributed by atoms with Crippen molar-refractivity contribution in [3.8, 4) is 0 Å². The van der Waals surface area contributed by atoms with E-state index in [4.69, 9.17) is 0 Å². The largest absolute Gasteiger partial charge is 0.352 e. The van der Waals surface area contributed by atoms with Gasteiger partial charge in [-0.05, 0) is 61.0 Å². The van der Waals surface area contributed by atoms with Gasteiger partial charge in [0.05, 0.1) is 0 Å². The van der Waals surface area contributed by atoms with E-state index in [0.717, 1.165) is 17.2 Å². The average molecular weight is 407 g/mol. The molecule has 30 heavy (non-hydrogen) atoms. The van der Waals surface area contributed by atoms with Crippen LogP contribution >= 0.6 is 0 Å². The number of pyridine rings is 1. The fourth-order valence-electron chi connectivity index (χ4n) is 3.17. The quantitative estimate of drug-likeness (QED) is 0.689. The first kappa shape index (κ1) is 19.6. The van der Waals surface area contributed by atoms with Gasteiger partial charge in [0.1, 0.15) is 11.6 Å². The molecule has 1 aliphatic heterocycles. The van der Waals surface area contributed by atoms with E-state index in [9.17, 15) is 9.18 Å². The molecule has 2 amide bonds. The number of urea groups is 1. The monoisotopic (exact) mass is 407 g/mol. The third-order valence-electron chi connectivity index (χ3n) is 4.81. The van der Waals surface area contributed by atoms with E-state index in [-0.39, 0.29) is 11.8 Å². The number of nitrogens with one attached hydrogen (secondary N) is 2. The molecule has 8 nitrogen and oxygen atoms in total. The Morgan fingerprint density at radius 1 is 0.967 bits per heavy atom. The molecule has 0 unspecified atom stereocenters. The van der Waals surface area contributed by atoms with Crippen LogP contribution in [0.3, 0.4) is 0 Å². The first-order chi connectivity index (χ1) is 14.6. The summed E-state index contributed by atoms with van der Waals surface area (Å²) in [4.78, 5) is 20.5. The van der Waals surface area contributed by atoms with Gasteiger partial charge in [0.25, 0.3) is 0 Å². The summed E-state index contributed by atoms with van der Waals surface area (Å²) in [5.41, 5.74) is 1.68. The van der Waals surface area contributed by atoms with E-state index in [2.05, 4.69) is 30.7 Å². The molecule has 3 heterocycles. The molecule has 3 aromatic rings. The van der Waals surface area contributed by atoms with Crippen LogP contribution in [-0.2, 0) is 0 Å². The van der Waals surface area contributed by atoms with Crippen molar-refractivity contribution in [2.75, 3.05) is 41.7 Å². The lowest BCUT2D eigenvalue weighted by Gasteiger charge is -2.35. The van der Waals surface area contributed by atoms with Crippen molar-refractivity contribution in [1.29, 1.82) is 0 Å². The molecule has 0 atom stereocenters. The Morgan fingerprint density at radius 2 is 1.73 bits per heavy atom. The highest BCUT2D eigenvalue weighted by Crippen LogP contribution is 2.17. The zero-order chi connectivity index (χ0) is 20.9. The van der Waals surface area contributed by atoms with Crippen LogP contribution in [0.5, 0.6) is 0 Å². The summed E-state index contributed by atoms with van der Waals surface area (Å²) in [6.07, 6.45) is 1.74. The predicted molar refractivity (Wildman–Crippen MR) is 113 cm³/mol. The maximum absolute atomic E-state index is 13.0. The van der Waals surface area contributed by atoms with Crippen molar-refractivity contribution in [2.24, 2.45) is 0 Å². The summed E-state index contributed by atoms with van der Waals surface area (Å²) in [7, 11) is 0. The number of piperazine rings is 1. The predicted octanol–water partition coefficient (Wildman–Crippen LogP) is 3.42. The van der Waals surface area contributed by atoms with Crippen LogP contribution < -0.4 is 15.5 Å². The second kappa shape index (κ2) is 8.73. The Bertz CT molecular complexity index is 1000. The number of amides is 2. The summed E-state index contributed by atoms with van der Waals surface area (Å²) in [5.74, 6) is 1.77. The molecule has 0 spiro atoms. The standard InChI is InChI=1S/C21H22FN7O/c1-15-8-9-23-19(14-15)25-18-6-7-20(27-26-18)28-10-12-29(13-11-28)21(30)24-17-4-2-16(22)3-5-17/h2-9,14H,10-13H2,1H3,(H,24,30)(H,23,25,26). The minimum Gasteiger partial charge on any atom is -0.352 e. The van der Waals surface area contributed by atoms with Gasteiger partial charge in [-0.2, -0.15) is 0 Å². The zero-order valence-corrected chi connectivity index (χ0v) is 16.5. The Balaban J connectivity index is 1.30. The van der Waals surface area contributed by atoms with Gasteiger partial charge in [-0.3, -0.25) is 0 Å². The highest BCUT2D eigenvalue weighted by atomic mass is 19.1. The molecule has 0 radical (unpaired) electrons. The van der Waals surface area contributed by atoms with Crippen LogP contribution in [0.1, 0.15) is 5.56 Å². The summed E-state index contributed by atoms with van der Waals surface area (Å²) in [5, 5.41) is 14.5. The van der Waals surface area contributed by atoms with Crippen LogP contribution in [0.4, 0.5) is 32.3 Å². The van der Waals surface area contributed by atoms with Crippen molar-refractivity contribution in [2.45, 2.75) is 6.92 Å². The van der Waals surface area contributed by atoms with Gasteiger partial charge < -0.3 is 20.4 Å². The fraction of sp³-hybridized carbons (Fsp3) is 0.238. The summed E-state index contributed by atoms with van der Waals surface area (Å²) < 4.78 is 13.0. The number of aryl methyl sites for hydroxylation is 1. The van der Waals surface area contributed by atoms with E-state index in [1.165, 1.54) is 12.1 Å². The van der Waals surface area contributed by atoms with Crippen molar-refractivity contribution >= 4 is 29.2 Å². The van der Waals surface area contributed by atoms with E-state index in [1.807, 2.05) is 31.2 Å². The van der Waals surface area contributed by atoms with E-state index < -0.39 is 0 Å². The highest BCUT2D eigenvalue weighted by Gasteiger charge is 2.22. The highest BCUT2D eigenvalue weighted by molar-refractivity contribution is 5.89. The Morgan fingerprint density at radius 3 is 2.40 bits per heavy atom. The number of anilines is 4. The number of nitrogens with zero attached hydrogens (tertiary/aromatic N) is 5. The van der Waals surface area contributed by atoms with Gasteiger partial charge in [-0.1, -0.05) is 0 Å². The second-order valence-electron chi connectivity index (χ2n) is 7.03. The first-order valence-corrected chi connectivity index (χ1v) is 9.67. The molecule has 1 aliphatic rings. The number of aromatic nitrogens is 3. The lowest BCUT2D eigenvalue weighted by atomic mass is 10.3. The van der Waals surface area contributed by atoms with Crippen molar-refractivity contribution in [3.05, 3.63) is 66.1 Å². The van der Waals surface area contributed by atoms with Crippen LogP contribution in [0, 0.1) is 12.7 Å². The number of hydrogen-bond donors (Lipinski definition) is 2. The van der Waals surface area contributed by atoms with E-state index in [1.54, 1.807) is 23.2 Å². The Hall–Kier alpha value is -3.75. The molecule has 2 N–H and O–H groups in total. The van der Waals surface area contributed by atoms with Crippen LogP contribution in [0.25, 0.3) is 0 Å². The van der Waals surface area contributed by atoms with Gasteiger partial charge in [0.15, 0.2) is 11.6 Å². The molecule has 0 aliphatic carbocycles. The molecule has 1 saturated heterocycles. The van der Waals surface area contributed by atoms with Gasteiger partial charge in [-0.25, -0.2) is 14.2 Å². The molecule has 2 aromatic heterocycles. The zero-order valence-electron chi connectivity index (χ0n) is 16.5. The smallest absolute Gasteiger partial charge is 0.321 e. The minimum absolute atomic E-state index is 0.197. The van der Waals surface area contributed by atoms with E-state index in [0.29, 0.717) is 37.7 Å². The second-order valence-corrected chi connectivity index (χ2v) is 7.03. The van der Waals surface area contributed by atoms with Crippen LogP contribution in [0.15, 0.2) is 54.7 Å². The first-order valence-electron chi connectivity index (χ1n) is 9.67. The minimum atomic E-state index is -0.334. The molecule has 0 saturated carbocycles. The number of halogens is 1. The van der Waals surface area contributed by atoms with Crippen LogP contribution in [-0.4, -0.2) is 52.3 Å². The van der Waals surface area contributed by atoms with Gasteiger partial charge in [0, 0.05) is 38.1 Å². The van der Waals surface area contributed by atoms with Gasteiger partial charge in [-0.15, -0.1) is 10.2 Å². The number of carbonyl (C=O) groups excluding carboxylic acids is 1. The van der Waals surface area contributed by atoms with Crippen molar-refractivity contribution in [3.63, 3.8) is 0 Å². The molecular formula is C21H22FN7O. The van der Waals surface area contributed by atoms with Crippen LogP contribution in [0.2, 0.25) is 0 Å². The Labute approximate surface area is 173 Å². The third-order valence-corrected chi connectivity index (χ3v) is 4.81. The molecule has 1 aromatic carbocycles. The lowest BCUT2D eigenvalue weighted by molar-refractivity contribution is 0.208. The van der Waals surface area contributed by atoms with Crippen molar-refractivity contribution in [1.82, 2.24) is 20.1 Å². The van der Waals surface area contributed by atoms with E-state index >= 15 is 0 Å².